The lowest BCUT2D eigenvalue weighted by molar-refractivity contribution is -0.117. The van der Waals surface area contributed by atoms with E-state index < -0.39 is 0 Å². The number of carbonyl (C=O) groups excluding carboxylic acids is 1. The number of anilines is 1. The van der Waals surface area contributed by atoms with E-state index in [0.717, 1.165) is 64.6 Å². The Hall–Kier alpha value is -3.80. The zero-order chi connectivity index (χ0) is 25.1. The van der Waals surface area contributed by atoms with Gasteiger partial charge in [0.15, 0.2) is 0 Å². The summed E-state index contributed by atoms with van der Waals surface area (Å²) >= 11 is 0. The molecule has 1 aromatic heterocycles. The van der Waals surface area contributed by atoms with Crippen molar-refractivity contribution in [2.24, 2.45) is 0 Å². The number of hydrogen-bond acceptors (Lipinski definition) is 4. The first-order valence-electron chi connectivity index (χ1n) is 12.6. The van der Waals surface area contributed by atoms with Crippen LogP contribution in [0.3, 0.4) is 0 Å². The van der Waals surface area contributed by atoms with Gasteiger partial charge in [-0.05, 0) is 68.1 Å². The Kier molecular flexibility index (Phi) is 6.94. The van der Waals surface area contributed by atoms with Crippen LogP contribution in [0.4, 0.5) is 5.69 Å². The Balaban J connectivity index is 1.30. The van der Waals surface area contributed by atoms with E-state index in [-0.39, 0.29) is 11.8 Å². The highest BCUT2D eigenvalue weighted by Gasteiger charge is 2.35. The second-order valence-corrected chi connectivity index (χ2v) is 9.54. The summed E-state index contributed by atoms with van der Waals surface area (Å²) in [6, 6.07) is 22.2. The summed E-state index contributed by atoms with van der Waals surface area (Å²) in [6.45, 7) is 6.27. The molecule has 5 rings (SSSR count). The molecule has 1 unspecified atom stereocenters. The lowest BCUT2D eigenvalue weighted by Gasteiger charge is -2.20. The zero-order valence-corrected chi connectivity index (χ0v) is 21.2. The second kappa shape index (κ2) is 10.4. The molecule has 6 nitrogen and oxygen atoms in total. The number of benzene rings is 3. The summed E-state index contributed by atoms with van der Waals surface area (Å²) < 4.78 is 13.5. The third-order valence-corrected chi connectivity index (χ3v) is 6.92. The van der Waals surface area contributed by atoms with Crippen LogP contribution in [-0.4, -0.2) is 35.7 Å². The summed E-state index contributed by atoms with van der Waals surface area (Å²) in [5.41, 5.74) is 5.41. The van der Waals surface area contributed by atoms with Crippen molar-refractivity contribution in [1.29, 1.82) is 0 Å². The summed E-state index contributed by atoms with van der Waals surface area (Å²) in [5, 5.41) is 0. The van der Waals surface area contributed by atoms with Crippen molar-refractivity contribution in [2.45, 2.75) is 45.6 Å². The molecule has 1 amide bonds. The van der Waals surface area contributed by atoms with E-state index in [1.165, 1.54) is 0 Å². The van der Waals surface area contributed by atoms with Gasteiger partial charge in [0, 0.05) is 37.2 Å². The fraction of sp³-hybridized carbons (Fsp3) is 0.333. The highest BCUT2D eigenvalue weighted by atomic mass is 16.5. The number of rotatable bonds is 9. The highest BCUT2D eigenvalue weighted by molar-refractivity contribution is 5.97. The fourth-order valence-electron chi connectivity index (χ4n) is 5.02. The number of aryl methyl sites for hydroxylation is 3. The molecule has 1 aliphatic heterocycles. The first-order chi connectivity index (χ1) is 17.5. The second-order valence-electron chi connectivity index (χ2n) is 9.54. The Morgan fingerprint density at radius 1 is 0.972 bits per heavy atom. The molecule has 1 fully saturated rings. The molecule has 0 aliphatic carbocycles. The molecule has 0 radical (unpaired) electrons. The minimum Gasteiger partial charge on any atom is -0.497 e. The van der Waals surface area contributed by atoms with Crippen molar-refractivity contribution < 1.29 is 14.3 Å². The Labute approximate surface area is 212 Å². The van der Waals surface area contributed by atoms with Gasteiger partial charge >= 0.3 is 0 Å². The number of fused-ring (bicyclic) bond motifs is 1. The number of imidazole rings is 1. The van der Waals surface area contributed by atoms with Crippen molar-refractivity contribution in [2.75, 3.05) is 25.2 Å². The fourth-order valence-corrected chi connectivity index (χ4v) is 5.02. The van der Waals surface area contributed by atoms with Gasteiger partial charge in [-0.2, -0.15) is 0 Å². The van der Waals surface area contributed by atoms with Gasteiger partial charge in [-0.3, -0.25) is 4.79 Å². The van der Waals surface area contributed by atoms with Gasteiger partial charge in [-0.1, -0.05) is 30.3 Å². The number of carbonyl (C=O) groups is 1. The van der Waals surface area contributed by atoms with Crippen LogP contribution in [0.2, 0.25) is 0 Å². The lowest BCUT2D eigenvalue weighted by Crippen LogP contribution is -2.25. The summed E-state index contributed by atoms with van der Waals surface area (Å²) in [5.74, 6) is 2.85. The Bertz CT molecular complexity index is 1380. The predicted molar refractivity (Wildman–Crippen MR) is 143 cm³/mol. The van der Waals surface area contributed by atoms with Gasteiger partial charge in [-0.15, -0.1) is 0 Å². The number of nitrogens with zero attached hydrogens (tertiary/aromatic N) is 3. The molecule has 6 heteroatoms. The quantitative estimate of drug-likeness (QED) is 0.272. The molecule has 0 spiro atoms. The molecule has 186 valence electrons. The summed E-state index contributed by atoms with van der Waals surface area (Å²) in [7, 11) is 1.66. The van der Waals surface area contributed by atoms with Crippen molar-refractivity contribution in [3.05, 3.63) is 83.7 Å². The first kappa shape index (κ1) is 23.9. The summed E-state index contributed by atoms with van der Waals surface area (Å²) in [6.07, 6.45) is 2.36. The van der Waals surface area contributed by atoms with Crippen LogP contribution in [0.5, 0.6) is 11.5 Å². The number of methoxy groups -OCH3 is 1. The van der Waals surface area contributed by atoms with Crippen molar-refractivity contribution in [1.82, 2.24) is 9.55 Å². The lowest BCUT2D eigenvalue weighted by atomic mass is 10.1. The molecular weight excluding hydrogens is 450 g/mol. The van der Waals surface area contributed by atoms with E-state index in [0.29, 0.717) is 19.6 Å². The van der Waals surface area contributed by atoms with Crippen LogP contribution in [-0.2, 0) is 11.3 Å². The van der Waals surface area contributed by atoms with Gasteiger partial charge in [0.05, 0.1) is 24.8 Å². The standard InChI is InChI=1S/C30H33N3O3/c1-21-13-14-22(2)28(17-21)33-20-23(18-29(33)34)30-31-26-11-4-5-12-27(26)32(30)15-6-7-16-36-25-10-8-9-24(19-25)35-3/h4-5,8-14,17,19,23H,6-7,15-16,18,20H2,1-3H3. The van der Waals surface area contributed by atoms with Crippen molar-refractivity contribution in [3.63, 3.8) is 0 Å². The highest BCUT2D eigenvalue weighted by Crippen LogP contribution is 2.35. The third-order valence-electron chi connectivity index (χ3n) is 6.92. The maximum Gasteiger partial charge on any atom is 0.227 e. The van der Waals surface area contributed by atoms with Gasteiger partial charge < -0.3 is 18.9 Å². The smallest absolute Gasteiger partial charge is 0.227 e. The van der Waals surface area contributed by atoms with E-state index >= 15 is 0 Å². The number of amides is 1. The van der Waals surface area contributed by atoms with Gasteiger partial charge in [0.1, 0.15) is 17.3 Å². The minimum atomic E-state index is 0.0674. The predicted octanol–water partition coefficient (Wildman–Crippen LogP) is 6.04. The van der Waals surface area contributed by atoms with Crippen molar-refractivity contribution in [3.8, 4) is 11.5 Å². The van der Waals surface area contributed by atoms with Crippen LogP contribution in [0.1, 0.15) is 42.1 Å². The van der Waals surface area contributed by atoms with Crippen LogP contribution in [0, 0.1) is 13.8 Å². The van der Waals surface area contributed by atoms with Gasteiger partial charge in [-0.25, -0.2) is 4.98 Å². The monoisotopic (exact) mass is 483 g/mol. The number of unbranched alkanes of at least 4 members (excludes halogenated alkanes) is 1. The van der Waals surface area contributed by atoms with E-state index in [4.69, 9.17) is 14.5 Å². The number of para-hydroxylation sites is 2. The minimum absolute atomic E-state index is 0.0674. The first-order valence-corrected chi connectivity index (χ1v) is 12.6. The SMILES string of the molecule is COc1cccc(OCCCCn2c(C3CC(=O)N(c4cc(C)ccc4C)C3)nc3ccccc32)c1. The topological polar surface area (TPSA) is 56.6 Å². The van der Waals surface area contributed by atoms with Crippen LogP contribution < -0.4 is 14.4 Å². The molecule has 0 bridgehead atoms. The normalized spacial score (nSPS) is 15.6. The number of ether oxygens (including phenoxy) is 2. The molecule has 2 heterocycles. The maximum absolute atomic E-state index is 13.1. The molecule has 1 aliphatic rings. The third kappa shape index (κ3) is 4.94. The molecule has 1 atom stereocenters. The molecule has 1 saturated heterocycles. The molecule has 0 N–H and O–H groups in total. The Morgan fingerprint density at radius 2 is 1.81 bits per heavy atom. The van der Waals surface area contributed by atoms with Gasteiger partial charge in [0.2, 0.25) is 5.91 Å². The van der Waals surface area contributed by atoms with E-state index in [1.54, 1.807) is 7.11 Å². The largest absolute Gasteiger partial charge is 0.497 e. The molecule has 0 saturated carbocycles. The molecule has 36 heavy (non-hydrogen) atoms. The average Bonchev–Trinajstić information content (AvgIpc) is 3.46. The average molecular weight is 484 g/mol. The maximum atomic E-state index is 13.1. The number of aromatic nitrogens is 2. The zero-order valence-electron chi connectivity index (χ0n) is 21.2. The van der Waals surface area contributed by atoms with Crippen LogP contribution in [0.25, 0.3) is 11.0 Å². The Morgan fingerprint density at radius 3 is 2.67 bits per heavy atom. The van der Waals surface area contributed by atoms with E-state index in [9.17, 15) is 4.79 Å². The molecule has 3 aromatic carbocycles. The number of hydrogen-bond donors (Lipinski definition) is 0. The summed E-state index contributed by atoms with van der Waals surface area (Å²) in [4.78, 5) is 20.0. The van der Waals surface area contributed by atoms with Crippen LogP contribution in [0.15, 0.2) is 66.7 Å². The van der Waals surface area contributed by atoms with Gasteiger partial charge in [0.25, 0.3) is 0 Å². The van der Waals surface area contributed by atoms with Crippen LogP contribution >= 0.6 is 0 Å². The molecular formula is C30H33N3O3. The van der Waals surface area contributed by atoms with E-state index in [2.05, 4.69) is 54.8 Å². The molecule has 4 aromatic rings. The van der Waals surface area contributed by atoms with E-state index in [1.807, 2.05) is 35.2 Å². The van der Waals surface area contributed by atoms with Crippen molar-refractivity contribution >= 4 is 22.6 Å².